The lowest BCUT2D eigenvalue weighted by Gasteiger charge is -2.28. The largest absolute Gasteiger partial charge is 0.496 e. The van der Waals surface area contributed by atoms with Gasteiger partial charge in [0.1, 0.15) is 12.0 Å². The van der Waals surface area contributed by atoms with Crippen molar-refractivity contribution in [3.8, 4) is 5.75 Å². The van der Waals surface area contributed by atoms with Gasteiger partial charge in [-0.3, -0.25) is 0 Å². The molecule has 0 amide bonds. The summed E-state index contributed by atoms with van der Waals surface area (Å²) in [7, 11) is 1.70. The number of aryl methyl sites for hydroxylation is 2. The van der Waals surface area contributed by atoms with E-state index in [-0.39, 0.29) is 5.41 Å². The van der Waals surface area contributed by atoms with E-state index < -0.39 is 0 Å². The lowest BCUT2D eigenvalue weighted by Crippen LogP contribution is -2.34. The second-order valence-corrected chi connectivity index (χ2v) is 5.34. The van der Waals surface area contributed by atoms with Gasteiger partial charge in [-0.05, 0) is 19.4 Å². The predicted octanol–water partition coefficient (Wildman–Crippen LogP) is 2.38. The number of benzene rings is 1. The average molecular weight is 249 g/mol. The Balaban J connectivity index is 3.09. The Labute approximate surface area is 110 Å². The van der Waals surface area contributed by atoms with Crippen LogP contribution in [0.2, 0.25) is 0 Å². The van der Waals surface area contributed by atoms with Gasteiger partial charge < -0.3 is 14.8 Å². The minimum absolute atomic E-state index is 0.0782. The van der Waals surface area contributed by atoms with Gasteiger partial charge in [-0.25, -0.2) is 0 Å². The summed E-state index contributed by atoms with van der Waals surface area (Å²) in [5.74, 6) is 0.943. The lowest BCUT2D eigenvalue weighted by molar-refractivity contribution is -0.107. The first-order chi connectivity index (χ1) is 8.42. The molecule has 0 aliphatic rings. The molecule has 100 valence electrons. The Morgan fingerprint density at radius 2 is 2.00 bits per heavy atom. The summed E-state index contributed by atoms with van der Waals surface area (Å²) in [6.07, 6.45) is 0.884. The maximum Gasteiger partial charge on any atom is 0.133 e. The molecule has 0 saturated heterocycles. The number of carbonyl (C=O) groups excluding carboxylic acids is 1. The molecule has 0 atom stereocenters. The van der Waals surface area contributed by atoms with Gasteiger partial charge in [0, 0.05) is 17.5 Å². The van der Waals surface area contributed by atoms with E-state index in [0.29, 0.717) is 6.54 Å². The SMILES string of the molecule is COc1c(C)cc(C)cc1C(C)(C)CNCC=O. The molecule has 0 aromatic heterocycles. The van der Waals surface area contributed by atoms with E-state index in [4.69, 9.17) is 4.74 Å². The molecule has 1 aromatic carbocycles. The Morgan fingerprint density at radius 1 is 1.33 bits per heavy atom. The highest BCUT2D eigenvalue weighted by molar-refractivity contribution is 5.52. The van der Waals surface area contributed by atoms with Crippen molar-refractivity contribution in [3.63, 3.8) is 0 Å². The summed E-state index contributed by atoms with van der Waals surface area (Å²) in [5.41, 5.74) is 3.48. The van der Waals surface area contributed by atoms with Crippen LogP contribution in [0.3, 0.4) is 0 Å². The number of hydrogen-bond donors (Lipinski definition) is 1. The van der Waals surface area contributed by atoms with Crippen LogP contribution in [0.1, 0.15) is 30.5 Å². The van der Waals surface area contributed by atoms with Gasteiger partial charge in [-0.15, -0.1) is 0 Å². The highest BCUT2D eigenvalue weighted by Crippen LogP contribution is 2.34. The molecule has 0 saturated carbocycles. The number of hydrogen-bond acceptors (Lipinski definition) is 3. The van der Waals surface area contributed by atoms with E-state index in [1.165, 1.54) is 11.1 Å². The zero-order chi connectivity index (χ0) is 13.8. The maximum absolute atomic E-state index is 10.4. The molecule has 0 spiro atoms. The van der Waals surface area contributed by atoms with Crippen LogP contribution in [-0.4, -0.2) is 26.5 Å². The maximum atomic E-state index is 10.4. The first-order valence-electron chi connectivity index (χ1n) is 6.22. The summed E-state index contributed by atoms with van der Waals surface area (Å²) < 4.78 is 5.53. The number of nitrogens with one attached hydrogen (secondary N) is 1. The second kappa shape index (κ2) is 6.01. The molecule has 0 aliphatic carbocycles. The molecule has 18 heavy (non-hydrogen) atoms. The molecule has 1 N–H and O–H groups in total. The fraction of sp³-hybridized carbons (Fsp3) is 0.533. The molecule has 0 heterocycles. The van der Waals surface area contributed by atoms with Crippen molar-refractivity contribution < 1.29 is 9.53 Å². The normalized spacial score (nSPS) is 11.4. The third-order valence-electron chi connectivity index (χ3n) is 3.15. The number of rotatable bonds is 6. The standard InChI is InChI=1S/C15H23NO2/c1-11-8-12(2)14(18-5)13(9-11)15(3,4)10-16-6-7-17/h7-9,16H,6,10H2,1-5H3. The highest BCUT2D eigenvalue weighted by Gasteiger charge is 2.25. The van der Waals surface area contributed by atoms with Crippen molar-refractivity contribution in [3.05, 3.63) is 28.8 Å². The van der Waals surface area contributed by atoms with Gasteiger partial charge in [0.25, 0.3) is 0 Å². The van der Waals surface area contributed by atoms with Crippen LogP contribution in [0.4, 0.5) is 0 Å². The molecule has 0 unspecified atom stereocenters. The Kier molecular flexibility index (Phi) is 4.91. The summed E-state index contributed by atoms with van der Waals surface area (Å²) in [5, 5.41) is 3.14. The Hall–Kier alpha value is -1.35. The Bertz CT molecular complexity index is 425. The topological polar surface area (TPSA) is 38.3 Å². The predicted molar refractivity (Wildman–Crippen MR) is 74.4 cm³/mol. The van der Waals surface area contributed by atoms with Crippen molar-refractivity contribution in [1.82, 2.24) is 5.32 Å². The third-order valence-corrected chi connectivity index (χ3v) is 3.15. The van der Waals surface area contributed by atoms with Crippen LogP contribution < -0.4 is 10.1 Å². The van der Waals surface area contributed by atoms with Crippen LogP contribution >= 0.6 is 0 Å². The van der Waals surface area contributed by atoms with Gasteiger partial charge >= 0.3 is 0 Å². The number of carbonyl (C=O) groups is 1. The van der Waals surface area contributed by atoms with Gasteiger partial charge in [-0.1, -0.05) is 31.5 Å². The second-order valence-electron chi connectivity index (χ2n) is 5.34. The molecular weight excluding hydrogens is 226 g/mol. The molecule has 0 fully saturated rings. The monoisotopic (exact) mass is 249 g/mol. The van der Waals surface area contributed by atoms with Crippen molar-refractivity contribution in [2.45, 2.75) is 33.1 Å². The molecule has 0 radical (unpaired) electrons. The minimum Gasteiger partial charge on any atom is -0.496 e. The van der Waals surface area contributed by atoms with Gasteiger partial charge in [0.15, 0.2) is 0 Å². The molecule has 1 rings (SSSR count). The fourth-order valence-electron chi connectivity index (χ4n) is 2.27. The van der Waals surface area contributed by atoms with Crippen LogP contribution in [-0.2, 0) is 10.2 Å². The highest BCUT2D eigenvalue weighted by atomic mass is 16.5. The molecule has 0 bridgehead atoms. The van der Waals surface area contributed by atoms with Gasteiger partial charge in [-0.2, -0.15) is 0 Å². The molecule has 1 aromatic rings. The van der Waals surface area contributed by atoms with Gasteiger partial charge in [0.2, 0.25) is 0 Å². The van der Waals surface area contributed by atoms with Crippen molar-refractivity contribution in [2.75, 3.05) is 20.2 Å². The quantitative estimate of drug-likeness (QED) is 0.621. The van der Waals surface area contributed by atoms with E-state index in [1.807, 2.05) is 0 Å². The molecule has 3 heteroatoms. The van der Waals surface area contributed by atoms with Crippen molar-refractivity contribution in [1.29, 1.82) is 0 Å². The summed E-state index contributed by atoms with van der Waals surface area (Å²) >= 11 is 0. The van der Waals surface area contributed by atoms with E-state index in [1.54, 1.807) is 7.11 Å². The van der Waals surface area contributed by atoms with Gasteiger partial charge in [0.05, 0.1) is 13.7 Å². The first kappa shape index (κ1) is 14.7. The van der Waals surface area contributed by atoms with Crippen LogP contribution in [0, 0.1) is 13.8 Å². The third kappa shape index (κ3) is 3.33. The van der Waals surface area contributed by atoms with E-state index in [9.17, 15) is 4.79 Å². The van der Waals surface area contributed by atoms with Crippen LogP contribution in [0.15, 0.2) is 12.1 Å². The number of ether oxygens (including phenoxy) is 1. The summed E-state index contributed by atoms with van der Waals surface area (Å²) in [4.78, 5) is 10.4. The van der Waals surface area contributed by atoms with Crippen LogP contribution in [0.25, 0.3) is 0 Å². The zero-order valence-electron chi connectivity index (χ0n) is 12.0. The summed E-state index contributed by atoms with van der Waals surface area (Å²) in [6.45, 7) is 9.58. The van der Waals surface area contributed by atoms with E-state index in [0.717, 1.165) is 24.1 Å². The van der Waals surface area contributed by atoms with E-state index in [2.05, 4.69) is 45.1 Å². The summed E-state index contributed by atoms with van der Waals surface area (Å²) in [6, 6.07) is 4.28. The minimum atomic E-state index is -0.0782. The number of methoxy groups -OCH3 is 1. The zero-order valence-corrected chi connectivity index (χ0v) is 12.0. The smallest absolute Gasteiger partial charge is 0.133 e. The molecular formula is C15H23NO2. The fourth-order valence-corrected chi connectivity index (χ4v) is 2.27. The molecule has 0 aliphatic heterocycles. The molecule has 3 nitrogen and oxygen atoms in total. The van der Waals surface area contributed by atoms with Crippen molar-refractivity contribution in [2.24, 2.45) is 0 Å². The average Bonchev–Trinajstić information content (AvgIpc) is 2.28. The first-order valence-corrected chi connectivity index (χ1v) is 6.22. The lowest BCUT2D eigenvalue weighted by atomic mass is 9.82. The van der Waals surface area contributed by atoms with E-state index >= 15 is 0 Å². The van der Waals surface area contributed by atoms with Crippen molar-refractivity contribution >= 4 is 6.29 Å². The van der Waals surface area contributed by atoms with Crippen LogP contribution in [0.5, 0.6) is 5.75 Å². The number of aldehydes is 1. The Morgan fingerprint density at radius 3 is 2.56 bits per heavy atom.